The van der Waals surface area contributed by atoms with Gasteiger partial charge in [-0.2, -0.15) is 0 Å². The van der Waals surface area contributed by atoms with E-state index >= 15 is 0 Å². The van der Waals surface area contributed by atoms with Crippen molar-refractivity contribution in [2.45, 2.75) is 19.3 Å². The molecule has 50 heavy (non-hydrogen) atoms. The second-order valence-electron chi connectivity index (χ2n) is 14.5. The molecule has 0 atom stereocenters. The highest BCUT2D eigenvalue weighted by Crippen LogP contribution is 2.55. The molecule has 0 aliphatic heterocycles. The molecule has 1 aliphatic rings. The zero-order valence-electron chi connectivity index (χ0n) is 28.0. The predicted molar refractivity (Wildman–Crippen MR) is 215 cm³/mol. The van der Waals surface area contributed by atoms with Gasteiger partial charge in [0.15, 0.2) is 0 Å². The number of nitrogens with zero attached hydrogens (tertiary/aromatic N) is 1. The number of rotatable bonds is 3. The maximum atomic E-state index is 2.50. The fourth-order valence-electron chi connectivity index (χ4n) is 9.32. The highest BCUT2D eigenvalue weighted by molar-refractivity contribution is 6.37. The van der Waals surface area contributed by atoms with E-state index in [-0.39, 0.29) is 5.41 Å². The topological polar surface area (TPSA) is 3.24 Å². The minimum atomic E-state index is -0.0904. The van der Waals surface area contributed by atoms with Gasteiger partial charge in [-0.15, -0.1) is 0 Å². The molecule has 1 heteroatoms. The lowest BCUT2D eigenvalue weighted by molar-refractivity contribution is 0.660. The molecule has 1 nitrogen and oxygen atoms in total. The first-order valence-corrected chi connectivity index (χ1v) is 17.6. The summed E-state index contributed by atoms with van der Waals surface area (Å²) < 4.78 is 0. The van der Waals surface area contributed by atoms with Crippen molar-refractivity contribution in [3.05, 3.63) is 175 Å². The molecule has 0 saturated carbocycles. The average Bonchev–Trinajstić information content (AvgIpc) is 3.40. The SMILES string of the molecule is CC1(C)c2ccccc2-c2c(N(c3ccccc3)c3cc4ccc5cccc6c7cccc8ccc9cccc(c(c3)c4c56)c9c87)cccc21. The van der Waals surface area contributed by atoms with Crippen LogP contribution < -0.4 is 4.90 Å². The van der Waals surface area contributed by atoms with Crippen molar-refractivity contribution in [3.8, 4) is 11.1 Å². The van der Waals surface area contributed by atoms with Crippen LogP contribution >= 0.6 is 0 Å². The summed E-state index contributed by atoms with van der Waals surface area (Å²) in [5, 5.41) is 15.5. The minimum absolute atomic E-state index is 0.0904. The summed E-state index contributed by atoms with van der Waals surface area (Å²) in [4.78, 5) is 2.50. The van der Waals surface area contributed by atoms with Crippen molar-refractivity contribution in [1.29, 1.82) is 0 Å². The van der Waals surface area contributed by atoms with Gasteiger partial charge in [-0.3, -0.25) is 0 Å². The molecule has 0 N–H and O–H groups in total. The Bertz CT molecular complexity index is 3000. The Labute approximate surface area is 291 Å². The Morgan fingerprint density at radius 1 is 0.380 bits per heavy atom. The lowest BCUT2D eigenvalue weighted by Gasteiger charge is -2.29. The first-order chi connectivity index (χ1) is 24.6. The van der Waals surface area contributed by atoms with E-state index in [9.17, 15) is 0 Å². The van der Waals surface area contributed by atoms with Crippen molar-refractivity contribution in [2.75, 3.05) is 4.90 Å². The highest BCUT2D eigenvalue weighted by atomic mass is 15.1. The van der Waals surface area contributed by atoms with Crippen molar-refractivity contribution < 1.29 is 0 Å². The Balaban J connectivity index is 1.34. The van der Waals surface area contributed by atoms with Crippen LogP contribution in [0, 0.1) is 0 Å². The highest BCUT2D eigenvalue weighted by Gasteiger charge is 2.37. The van der Waals surface area contributed by atoms with Crippen molar-refractivity contribution in [3.63, 3.8) is 0 Å². The average molecular weight is 636 g/mol. The fourth-order valence-corrected chi connectivity index (χ4v) is 9.32. The summed E-state index contributed by atoms with van der Waals surface area (Å²) in [7, 11) is 0. The van der Waals surface area contributed by atoms with E-state index < -0.39 is 0 Å². The lowest BCUT2D eigenvalue weighted by atomic mass is 9.82. The zero-order chi connectivity index (χ0) is 33.1. The number of hydrogen-bond donors (Lipinski definition) is 0. The monoisotopic (exact) mass is 635 g/mol. The zero-order valence-corrected chi connectivity index (χ0v) is 28.0. The third-order valence-electron chi connectivity index (χ3n) is 11.5. The molecule has 10 aromatic carbocycles. The summed E-state index contributed by atoms with van der Waals surface area (Å²) in [5.41, 5.74) is 8.82. The predicted octanol–water partition coefficient (Wildman–Crippen LogP) is 13.8. The number of para-hydroxylation sites is 1. The number of hydrogen-bond acceptors (Lipinski definition) is 1. The normalized spacial score (nSPS) is 13.6. The quantitative estimate of drug-likeness (QED) is 0.175. The van der Waals surface area contributed by atoms with Crippen LogP contribution in [-0.4, -0.2) is 0 Å². The standard InChI is InChI=1S/C49H33N/c1-49(2)41-21-7-6-17-39(41)48-42(49)22-11-23-43(48)50(34-15-4-3-5-16-34)35-28-33-27-26-32-13-9-19-37-36-18-8-12-30-24-25-31-14-10-20-38(46(31)44(30)36)40(29-35)47(33)45(32)37/h3-29H,1-2H3. The van der Waals surface area contributed by atoms with E-state index in [0.29, 0.717) is 0 Å². The summed E-state index contributed by atoms with van der Waals surface area (Å²) in [6.45, 7) is 4.73. The molecule has 10 aromatic rings. The summed E-state index contributed by atoms with van der Waals surface area (Å²) in [6, 6.07) is 61.3. The van der Waals surface area contributed by atoms with Crippen molar-refractivity contribution in [2.24, 2.45) is 0 Å². The Hall–Kier alpha value is -6.18. The van der Waals surface area contributed by atoms with Gasteiger partial charge in [0, 0.05) is 22.4 Å². The Kier molecular flexibility index (Phi) is 5.51. The van der Waals surface area contributed by atoms with Crippen LogP contribution in [0.15, 0.2) is 164 Å². The van der Waals surface area contributed by atoms with Crippen LogP contribution in [0.5, 0.6) is 0 Å². The van der Waals surface area contributed by atoms with Crippen LogP contribution in [0.2, 0.25) is 0 Å². The van der Waals surface area contributed by atoms with E-state index in [1.807, 2.05) is 0 Å². The molecule has 0 spiro atoms. The van der Waals surface area contributed by atoms with Gasteiger partial charge in [-0.25, -0.2) is 0 Å². The first-order valence-electron chi connectivity index (χ1n) is 17.6. The molecule has 0 amide bonds. The summed E-state index contributed by atoms with van der Waals surface area (Å²) >= 11 is 0. The molecule has 0 radical (unpaired) electrons. The molecule has 0 bridgehead atoms. The minimum Gasteiger partial charge on any atom is -0.310 e. The van der Waals surface area contributed by atoms with Gasteiger partial charge < -0.3 is 4.90 Å². The Morgan fingerprint density at radius 2 is 0.900 bits per heavy atom. The molecular weight excluding hydrogens is 603 g/mol. The molecule has 11 rings (SSSR count). The van der Waals surface area contributed by atoms with Gasteiger partial charge >= 0.3 is 0 Å². The smallest absolute Gasteiger partial charge is 0.0543 e. The van der Waals surface area contributed by atoms with E-state index in [4.69, 9.17) is 0 Å². The van der Waals surface area contributed by atoms with Gasteiger partial charge in [0.05, 0.1) is 5.69 Å². The van der Waals surface area contributed by atoms with Gasteiger partial charge in [0.1, 0.15) is 0 Å². The first kappa shape index (κ1) is 27.7. The molecule has 1 aliphatic carbocycles. The molecule has 0 aromatic heterocycles. The van der Waals surface area contributed by atoms with Gasteiger partial charge in [-0.1, -0.05) is 147 Å². The largest absolute Gasteiger partial charge is 0.310 e. The van der Waals surface area contributed by atoms with E-state index in [1.165, 1.54) is 92.6 Å². The third kappa shape index (κ3) is 3.62. The maximum Gasteiger partial charge on any atom is 0.0543 e. The van der Waals surface area contributed by atoms with Gasteiger partial charge in [-0.05, 0) is 112 Å². The molecule has 234 valence electrons. The molecule has 0 unspecified atom stereocenters. The second-order valence-corrected chi connectivity index (χ2v) is 14.5. The van der Waals surface area contributed by atoms with Crippen LogP contribution in [0.4, 0.5) is 17.1 Å². The maximum absolute atomic E-state index is 2.50. The summed E-state index contributed by atoms with van der Waals surface area (Å²) in [5.74, 6) is 0. The summed E-state index contributed by atoms with van der Waals surface area (Å²) in [6.07, 6.45) is 0. The van der Waals surface area contributed by atoms with Crippen LogP contribution in [-0.2, 0) is 5.41 Å². The lowest BCUT2D eigenvalue weighted by Crippen LogP contribution is -2.16. The van der Waals surface area contributed by atoms with E-state index in [1.54, 1.807) is 0 Å². The van der Waals surface area contributed by atoms with Gasteiger partial charge in [0.25, 0.3) is 0 Å². The van der Waals surface area contributed by atoms with E-state index in [0.717, 1.165) is 11.4 Å². The van der Waals surface area contributed by atoms with Crippen molar-refractivity contribution in [1.82, 2.24) is 0 Å². The molecule has 0 fully saturated rings. The second kappa shape index (κ2) is 9.94. The van der Waals surface area contributed by atoms with Crippen LogP contribution in [0.1, 0.15) is 25.0 Å². The fraction of sp³-hybridized carbons (Fsp3) is 0.0612. The van der Waals surface area contributed by atoms with E-state index in [2.05, 4.69) is 183 Å². The molecule has 0 heterocycles. The number of benzene rings is 9. The van der Waals surface area contributed by atoms with Gasteiger partial charge in [0.2, 0.25) is 0 Å². The molecule has 0 saturated heterocycles. The number of anilines is 3. The van der Waals surface area contributed by atoms with Crippen molar-refractivity contribution >= 4 is 81.7 Å². The molecular formula is C49H33N. The Morgan fingerprint density at radius 3 is 1.56 bits per heavy atom. The third-order valence-corrected chi connectivity index (χ3v) is 11.5. The number of fused-ring (bicyclic) bond motifs is 5. The van der Waals surface area contributed by atoms with Crippen LogP contribution in [0.3, 0.4) is 0 Å². The van der Waals surface area contributed by atoms with Crippen LogP contribution in [0.25, 0.3) is 75.8 Å².